The Balaban J connectivity index is 1.80. The number of hydrogen-bond donors (Lipinski definition) is 0. The molecule has 0 unspecified atom stereocenters. The summed E-state index contributed by atoms with van der Waals surface area (Å²) in [5.74, 6) is 1.84. The number of ether oxygens (including phenoxy) is 1. The second kappa shape index (κ2) is 9.82. The molecule has 0 aliphatic carbocycles. The van der Waals surface area contributed by atoms with Crippen molar-refractivity contribution in [2.75, 3.05) is 18.1 Å². The highest BCUT2D eigenvalue weighted by molar-refractivity contribution is 6.01. The minimum atomic E-state index is 0.665. The molecule has 0 N–H and O–H groups in total. The number of hydrogen-bond acceptors (Lipinski definition) is 4. The van der Waals surface area contributed by atoms with Crippen molar-refractivity contribution in [3.8, 4) is 17.0 Å². The average molecular weight is 426 g/mol. The lowest BCUT2D eigenvalue weighted by molar-refractivity contribution is 0.340. The summed E-state index contributed by atoms with van der Waals surface area (Å²) in [6, 6.07) is 23.2. The van der Waals surface area contributed by atoms with Gasteiger partial charge in [0.2, 0.25) is 0 Å². The molecule has 0 atom stereocenters. The van der Waals surface area contributed by atoms with Crippen LogP contribution in [0.5, 0.6) is 5.75 Å². The maximum absolute atomic E-state index is 5.70. The molecule has 0 aliphatic rings. The first-order chi connectivity index (χ1) is 15.6. The summed E-state index contributed by atoms with van der Waals surface area (Å²) in [6.07, 6.45) is 1.03. The number of anilines is 1. The smallest absolute Gasteiger partial charge is 0.159 e. The Morgan fingerprint density at radius 1 is 0.812 bits per heavy atom. The monoisotopic (exact) mass is 425 g/mol. The van der Waals surface area contributed by atoms with Crippen molar-refractivity contribution in [2.45, 2.75) is 40.7 Å². The average Bonchev–Trinajstić information content (AvgIpc) is 2.79. The van der Waals surface area contributed by atoms with Crippen molar-refractivity contribution >= 4 is 16.6 Å². The van der Waals surface area contributed by atoms with Crippen LogP contribution in [0.4, 0.5) is 5.82 Å². The van der Waals surface area contributed by atoms with Gasteiger partial charge in [0, 0.05) is 29.4 Å². The lowest BCUT2D eigenvalue weighted by Gasteiger charge is -2.25. The Morgan fingerprint density at radius 3 is 2.25 bits per heavy atom. The van der Waals surface area contributed by atoms with Crippen molar-refractivity contribution in [3.63, 3.8) is 0 Å². The van der Waals surface area contributed by atoms with Crippen LogP contribution in [0.15, 0.2) is 66.7 Å². The fourth-order valence-electron chi connectivity index (χ4n) is 4.35. The predicted molar refractivity (Wildman–Crippen MR) is 133 cm³/mol. The summed E-state index contributed by atoms with van der Waals surface area (Å²) in [5.41, 5.74) is 5.77. The molecule has 4 heteroatoms. The third-order valence-corrected chi connectivity index (χ3v) is 5.76. The summed E-state index contributed by atoms with van der Waals surface area (Å²) in [4.78, 5) is 2.33. The fraction of sp³-hybridized carbons (Fsp3) is 0.286. The second-order valence-corrected chi connectivity index (χ2v) is 8.19. The van der Waals surface area contributed by atoms with Gasteiger partial charge in [0.1, 0.15) is 11.4 Å². The number of rotatable bonds is 8. The van der Waals surface area contributed by atoms with E-state index in [1.165, 1.54) is 22.3 Å². The zero-order valence-electron chi connectivity index (χ0n) is 19.4. The molecule has 1 heterocycles. The molecule has 4 aromatic rings. The van der Waals surface area contributed by atoms with E-state index in [9.17, 15) is 0 Å². The van der Waals surface area contributed by atoms with Crippen LogP contribution in [0.25, 0.3) is 22.0 Å². The molecule has 4 rings (SSSR count). The van der Waals surface area contributed by atoms with Crippen LogP contribution in [-0.4, -0.2) is 23.3 Å². The number of aryl methyl sites for hydroxylation is 2. The Bertz CT molecular complexity index is 1200. The lowest BCUT2D eigenvalue weighted by Crippen LogP contribution is -2.25. The third-order valence-electron chi connectivity index (χ3n) is 5.76. The number of benzene rings is 3. The highest BCUT2D eigenvalue weighted by Crippen LogP contribution is 2.35. The van der Waals surface area contributed by atoms with Gasteiger partial charge in [-0.2, -0.15) is 0 Å². The molecule has 0 spiro atoms. The minimum absolute atomic E-state index is 0.665. The third kappa shape index (κ3) is 4.45. The van der Waals surface area contributed by atoms with E-state index in [1.807, 2.05) is 13.0 Å². The summed E-state index contributed by atoms with van der Waals surface area (Å²) < 4.78 is 5.70. The Hall–Kier alpha value is -3.40. The normalized spacial score (nSPS) is 11.0. The summed E-state index contributed by atoms with van der Waals surface area (Å²) in [6.45, 7) is 10.8. The molecule has 3 aromatic carbocycles. The molecule has 0 saturated carbocycles. The van der Waals surface area contributed by atoms with E-state index in [4.69, 9.17) is 14.9 Å². The van der Waals surface area contributed by atoms with Gasteiger partial charge in [0.05, 0.1) is 6.61 Å². The first kappa shape index (κ1) is 21.8. The number of aromatic nitrogens is 2. The van der Waals surface area contributed by atoms with Gasteiger partial charge in [-0.3, -0.25) is 0 Å². The van der Waals surface area contributed by atoms with E-state index >= 15 is 0 Å². The molecular formula is C28H31N3O. The predicted octanol–water partition coefficient (Wildman–Crippen LogP) is 6.73. The van der Waals surface area contributed by atoms with Crippen LogP contribution in [-0.2, 0) is 6.54 Å². The topological polar surface area (TPSA) is 38.2 Å². The molecule has 32 heavy (non-hydrogen) atoms. The van der Waals surface area contributed by atoms with Crippen LogP contribution in [0.3, 0.4) is 0 Å². The van der Waals surface area contributed by atoms with Crippen molar-refractivity contribution in [1.29, 1.82) is 0 Å². The minimum Gasteiger partial charge on any atom is -0.494 e. The van der Waals surface area contributed by atoms with Crippen molar-refractivity contribution in [3.05, 3.63) is 83.4 Å². The molecule has 0 radical (unpaired) electrons. The zero-order chi connectivity index (χ0) is 22.5. The van der Waals surface area contributed by atoms with Gasteiger partial charge in [0.15, 0.2) is 5.82 Å². The molecule has 0 fully saturated rings. The van der Waals surface area contributed by atoms with Crippen molar-refractivity contribution < 1.29 is 4.74 Å². The van der Waals surface area contributed by atoms with Gasteiger partial charge in [-0.15, -0.1) is 10.2 Å². The molecule has 0 bridgehead atoms. The highest BCUT2D eigenvalue weighted by atomic mass is 16.5. The van der Waals surface area contributed by atoms with Gasteiger partial charge in [-0.05, 0) is 56.0 Å². The largest absolute Gasteiger partial charge is 0.494 e. The molecule has 0 aliphatic heterocycles. The SMILES string of the molecule is CCCN(Cc1cccc(OCC)c1)c1nnc(-c2c(C)cccc2C)c2ccccc12. The zero-order valence-corrected chi connectivity index (χ0v) is 19.4. The highest BCUT2D eigenvalue weighted by Gasteiger charge is 2.18. The first-order valence-corrected chi connectivity index (χ1v) is 11.4. The van der Waals surface area contributed by atoms with Crippen LogP contribution >= 0.6 is 0 Å². The summed E-state index contributed by atoms with van der Waals surface area (Å²) in [7, 11) is 0. The Morgan fingerprint density at radius 2 is 1.53 bits per heavy atom. The van der Waals surface area contributed by atoms with Crippen LogP contribution in [0.1, 0.15) is 37.0 Å². The molecule has 164 valence electrons. The first-order valence-electron chi connectivity index (χ1n) is 11.4. The molecule has 0 saturated heterocycles. The van der Waals surface area contributed by atoms with Crippen molar-refractivity contribution in [1.82, 2.24) is 10.2 Å². The van der Waals surface area contributed by atoms with E-state index < -0.39 is 0 Å². The van der Waals surface area contributed by atoms with Gasteiger partial charge in [-0.25, -0.2) is 0 Å². The van der Waals surface area contributed by atoms with Gasteiger partial charge >= 0.3 is 0 Å². The van der Waals surface area contributed by atoms with E-state index in [2.05, 4.69) is 86.3 Å². The summed E-state index contributed by atoms with van der Waals surface area (Å²) >= 11 is 0. The quantitative estimate of drug-likeness (QED) is 0.314. The number of fused-ring (bicyclic) bond motifs is 1. The van der Waals surface area contributed by atoms with Crippen molar-refractivity contribution in [2.24, 2.45) is 0 Å². The van der Waals surface area contributed by atoms with E-state index in [0.717, 1.165) is 47.5 Å². The molecule has 1 aromatic heterocycles. The van der Waals surface area contributed by atoms with Crippen LogP contribution in [0, 0.1) is 13.8 Å². The maximum atomic E-state index is 5.70. The Kier molecular flexibility index (Phi) is 6.69. The molecule has 4 nitrogen and oxygen atoms in total. The molecular weight excluding hydrogens is 394 g/mol. The fourth-order valence-corrected chi connectivity index (χ4v) is 4.35. The van der Waals surface area contributed by atoms with Gasteiger partial charge < -0.3 is 9.64 Å². The molecule has 0 amide bonds. The standard InChI is InChI=1S/C28H31N3O/c1-5-17-31(19-22-13-10-14-23(18-22)32-6-2)28-25-16-8-7-15-24(25)27(29-30-28)26-20(3)11-9-12-21(26)4/h7-16,18H,5-6,17,19H2,1-4H3. The second-order valence-electron chi connectivity index (χ2n) is 8.19. The van der Waals surface area contributed by atoms with E-state index in [-0.39, 0.29) is 0 Å². The van der Waals surface area contributed by atoms with E-state index in [0.29, 0.717) is 6.61 Å². The van der Waals surface area contributed by atoms with Crippen LogP contribution in [0.2, 0.25) is 0 Å². The van der Waals surface area contributed by atoms with E-state index in [1.54, 1.807) is 0 Å². The Labute approximate surface area is 190 Å². The number of nitrogens with zero attached hydrogens (tertiary/aromatic N) is 3. The summed E-state index contributed by atoms with van der Waals surface area (Å²) in [5, 5.41) is 11.8. The lowest BCUT2D eigenvalue weighted by atomic mass is 9.96. The van der Waals surface area contributed by atoms with Gasteiger partial charge in [-0.1, -0.05) is 61.5 Å². The maximum Gasteiger partial charge on any atom is 0.159 e. The van der Waals surface area contributed by atoms with Gasteiger partial charge in [0.25, 0.3) is 0 Å². The van der Waals surface area contributed by atoms with Crippen LogP contribution < -0.4 is 9.64 Å².